The summed E-state index contributed by atoms with van der Waals surface area (Å²) in [5.74, 6) is 0. The molecule has 2 atom stereocenters. The van der Waals surface area contributed by atoms with E-state index in [1.54, 1.807) is 9.80 Å². The van der Waals surface area contributed by atoms with Crippen molar-refractivity contribution in [3.8, 4) is 0 Å². The molecule has 0 bridgehead atoms. The molecule has 8 heteroatoms. The van der Waals surface area contributed by atoms with Crippen LogP contribution in [0.25, 0.3) is 0 Å². The van der Waals surface area contributed by atoms with Crippen molar-refractivity contribution >= 4 is 23.4 Å². The molecule has 1 aromatic rings. The fourth-order valence-electron chi connectivity index (χ4n) is 3.98. The molecule has 0 aliphatic carbocycles. The standard InChI is InChI=1S/C20H28N4O4/c25-19-21-8-9-24(19)16-5-1-4-15(12-16)22-20(26)23(13-17-6-2-10-27-17)14-18-7-3-11-28-18/h1,4-5,12,17-18H,2-3,6-11,13-14H2,(H,21,25)(H,22,26)/t17-,18+. The van der Waals surface area contributed by atoms with Crippen LogP contribution in [0.3, 0.4) is 0 Å². The maximum atomic E-state index is 13.0. The topological polar surface area (TPSA) is 83.1 Å². The SMILES string of the molecule is O=C(Nc1cccc(N2CCNC2=O)c1)N(C[C@H]1CCCO1)C[C@@H]1CCCO1. The predicted octanol–water partition coefficient (Wildman–Crippen LogP) is 2.41. The second-order valence-corrected chi connectivity index (χ2v) is 7.54. The second kappa shape index (κ2) is 8.79. The zero-order chi connectivity index (χ0) is 19.3. The highest BCUT2D eigenvalue weighted by Gasteiger charge is 2.27. The van der Waals surface area contributed by atoms with E-state index in [1.165, 1.54) is 0 Å². The van der Waals surface area contributed by atoms with Crippen molar-refractivity contribution in [2.75, 3.05) is 49.6 Å². The van der Waals surface area contributed by atoms with Gasteiger partial charge in [-0.3, -0.25) is 4.90 Å². The van der Waals surface area contributed by atoms with Crippen molar-refractivity contribution in [1.82, 2.24) is 10.2 Å². The highest BCUT2D eigenvalue weighted by molar-refractivity contribution is 5.95. The number of anilines is 2. The third-order valence-electron chi connectivity index (χ3n) is 5.45. The van der Waals surface area contributed by atoms with E-state index in [2.05, 4.69) is 10.6 Å². The van der Waals surface area contributed by atoms with E-state index in [9.17, 15) is 9.59 Å². The molecule has 152 valence electrons. The Bertz CT molecular complexity index is 683. The van der Waals surface area contributed by atoms with E-state index in [4.69, 9.17) is 9.47 Å². The van der Waals surface area contributed by atoms with Gasteiger partial charge < -0.3 is 25.0 Å². The van der Waals surface area contributed by atoms with Gasteiger partial charge in [0.25, 0.3) is 0 Å². The first-order chi connectivity index (χ1) is 13.7. The summed E-state index contributed by atoms with van der Waals surface area (Å²) in [6.07, 6.45) is 4.22. The van der Waals surface area contributed by atoms with Crippen molar-refractivity contribution in [3.05, 3.63) is 24.3 Å². The fraction of sp³-hybridized carbons (Fsp3) is 0.600. The molecule has 4 amide bonds. The average Bonchev–Trinajstić information content (AvgIpc) is 3.44. The summed E-state index contributed by atoms with van der Waals surface area (Å²) in [7, 11) is 0. The Morgan fingerprint density at radius 2 is 1.89 bits per heavy atom. The molecule has 8 nitrogen and oxygen atoms in total. The zero-order valence-electron chi connectivity index (χ0n) is 16.1. The lowest BCUT2D eigenvalue weighted by Gasteiger charge is -2.28. The molecule has 3 heterocycles. The number of benzene rings is 1. The zero-order valence-corrected chi connectivity index (χ0v) is 16.1. The van der Waals surface area contributed by atoms with Crippen LogP contribution in [0.5, 0.6) is 0 Å². The quantitative estimate of drug-likeness (QED) is 0.784. The predicted molar refractivity (Wildman–Crippen MR) is 106 cm³/mol. The molecule has 4 rings (SSSR count). The van der Waals surface area contributed by atoms with E-state index in [-0.39, 0.29) is 24.3 Å². The minimum Gasteiger partial charge on any atom is -0.376 e. The number of amides is 4. The van der Waals surface area contributed by atoms with E-state index in [0.717, 1.165) is 44.6 Å². The van der Waals surface area contributed by atoms with Crippen LogP contribution < -0.4 is 15.5 Å². The lowest BCUT2D eigenvalue weighted by atomic mass is 10.2. The molecule has 1 aromatic carbocycles. The molecular weight excluding hydrogens is 360 g/mol. The van der Waals surface area contributed by atoms with Gasteiger partial charge in [0.05, 0.1) is 12.2 Å². The summed E-state index contributed by atoms with van der Waals surface area (Å²) in [6.45, 7) is 3.92. The number of rotatable bonds is 6. The number of hydrogen-bond donors (Lipinski definition) is 2. The second-order valence-electron chi connectivity index (χ2n) is 7.54. The number of urea groups is 2. The Morgan fingerprint density at radius 3 is 2.46 bits per heavy atom. The van der Waals surface area contributed by atoms with Crippen LogP contribution in [-0.4, -0.2) is 68.6 Å². The van der Waals surface area contributed by atoms with Crippen molar-refractivity contribution in [3.63, 3.8) is 0 Å². The normalized spacial score (nSPS) is 24.4. The van der Waals surface area contributed by atoms with Crippen molar-refractivity contribution in [1.29, 1.82) is 0 Å². The Labute approximate surface area is 165 Å². The molecule has 2 N–H and O–H groups in total. The number of carbonyl (C=O) groups is 2. The van der Waals surface area contributed by atoms with Gasteiger partial charge in [0, 0.05) is 50.8 Å². The van der Waals surface area contributed by atoms with Crippen LogP contribution >= 0.6 is 0 Å². The van der Waals surface area contributed by atoms with Crippen molar-refractivity contribution < 1.29 is 19.1 Å². The van der Waals surface area contributed by atoms with Crippen LogP contribution in [0.2, 0.25) is 0 Å². The highest BCUT2D eigenvalue weighted by atomic mass is 16.5. The van der Waals surface area contributed by atoms with Gasteiger partial charge in [-0.15, -0.1) is 0 Å². The van der Waals surface area contributed by atoms with Gasteiger partial charge in [0.1, 0.15) is 0 Å². The summed E-state index contributed by atoms with van der Waals surface area (Å²) in [5.41, 5.74) is 1.45. The maximum Gasteiger partial charge on any atom is 0.322 e. The number of ether oxygens (including phenoxy) is 2. The van der Waals surface area contributed by atoms with Gasteiger partial charge in [-0.1, -0.05) is 6.07 Å². The number of hydrogen-bond acceptors (Lipinski definition) is 4. The monoisotopic (exact) mass is 388 g/mol. The summed E-state index contributed by atoms with van der Waals surface area (Å²) < 4.78 is 11.5. The van der Waals surface area contributed by atoms with Gasteiger partial charge >= 0.3 is 12.1 Å². The minimum atomic E-state index is -0.158. The van der Waals surface area contributed by atoms with Crippen LogP contribution in [0.4, 0.5) is 21.0 Å². The third-order valence-corrected chi connectivity index (χ3v) is 5.45. The third kappa shape index (κ3) is 4.56. The fourth-order valence-corrected chi connectivity index (χ4v) is 3.98. The Balaban J connectivity index is 1.43. The number of nitrogens with zero attached hydrogens (tertiary/aromatic N) is 2. The number of carbonyl (C=O) groups excluding carboxylic acids is 2. The molecule has 0 unspecified atom stereocenters. The molecule has 28 heavy (non-hydrogen) atoms. The van der Waals surface area contributed by atoms with E-state index in [1.807, 2.05) is 24.3 Å². The molecular formula is C20H28N4O4. The van der Waals surface area contributed by atoms with Gasteiger partial charge in [-0.2, -0.15) is 0 Å². The summed E-state index contributed by atoms with van der Waals surface area (Å²) in [6, 6.07) is 7.12. The molecule has 0 spiro atoms. The Kier molecular flexibility index (Phi) is 5.97. The van der Waals surface area contributed by atoms with Crippen LogP contribution in [0, 0.1) is 0 Å². The van der Waals surface area contributed by atoms with Crippen LogP contribution in [-0.2, 0) is 9.47 Å². The van der Waals surface area contributed by atoms with Gasteiger partial charge in [-0.05, 0) is 43.9 Å². The molecule has 0 saturated carbocycles. The van der Waals surface area contributed by atoms with Gasteiger partial charge in [-0.25, -0.2) is 9.59 Å². The van der Waals surface area contributed by atoms with E-state index < -0.39 is 0 Å². The van der Waals surface area contributed by atoms with E-state index >= 15 is 0 Å². The van der Waals surface area contributed by atoms with Crippen molar-refractivity contribution in [2.24, 2.45) is 0 Å². The first-order valence-electron chi connectivity index (χ1n) is 10.1. The van der Waals surface area contributed by atoms with Gasteiger partial charge in [0.2, 0.25) is 0 Å². The molecule has 3 aliphatic rings. The summed E-state index contributed by atoms with van der Waals surface area (Å²) in [5, 5.41) is 5.78. The van der Waals surface area contributed by atoms with Gasteiger partial charge in [0.15, 0.2) is 0 Å². The first-order valence-corrected chi connectivity index (χ1v) is 10.1. The largest absolute Gasteiger partial charge is 0.376 e. The Morgan fingerprint density at radius 1 is 1.18 bits per heavy atom. The van der Waals surface area contributed by atoms with Crippen molar-refractivity contribution in [2.45, 2.75) is 37.9 Å². The lowest BCUT2D eigenvalue weighted by molar-refractivity contribution is 0.0524. The Hall–Kier alpha value is -2.32. The smallest absolute Gasteiger partial charge is 0.322 e. The number of nitrogens with one attached hydrogen (secondary N) is 2. The van der Waals surface area contributed by atoms with Crippen LogP contribution in [0.1, 0.15) is 25.7 Å². The molecule has 0 aromatic heterocycles. The van der Waals surface area contributed by atoms with E-state index in [0.29, 0.717) is 31.9 Å². The average molecular weight is 388 g/mol. The summed E-state index contributed by atoms with van der Waals surface area (Å²) >= 11 is 0. The molecule has 0 radical (unpaired) electrons. The molecule has 3 fully saturated rings. The lowest BCUT2D eigenvalue weighted by Crippen LogP contribution is -2.44. The first kappa shape index (κ1) is 19.0. The molecule has 3 aliphatic heterocycles. The van der Waals surface area contributed by atoms with Crippen LogP contribution in [0.15, 0.2) is 24.3 Å². The highest BCUT2D eigenvalue weighted by Crippen LogP contribution is 2.22. The molecule has 3 saturated heterocycles. The maximum absolute atomic E-state index is 13.0. The summed E-state index contributed by atoms with van der Waals surface area (Å²) in [4.78, 5) is 28.4. The minimum absolute atomic E-state index is 0.0896.